The zero-order valence-electron chi connectivity index (χ0n) is 19.1. The minimum absolute atomic E-state index is 0. The minimum Gasteiger partial charge on any atom is -0.377 e. The molecule has 1 atom stereocenters. The number of benzene rings is 2. The number of ether oxygens (including phenoxy) is 1. The van der Waals surface area contributed by atoms with Crippen LogP contribution in [0.15, 0.2) is 71.9 Å². The van der Waals surface area contributed by atoms with E-state index in [4.69, 9.17) is 9.73 Å². The highest BCUT2D eigenvalue weighted by Crippen LogP contribution is 2.34. The van der Waals surface area contributed by atoms with Crippen molar-refractivity contribution < 1.29 is 23.1 Å². The van der Waals surface area contributed by atoms with Crippen LogP contribution in [0.4, 0.5) is 14.5 Å². The molecular formula is C26H23ClF2N4O3. The van der Waals surface area contributed by atoms with Crippen LogP contribution in [-0.4, -0.2) is 52.8 Å². The second-order valence-corrected chi connectivity index (χ2v) is 8.49. The molecule has 1 saturated heterocycles. The molecule has 0 aliphatic carbocycles. The van der Waals surface area contributed by atoms with Gasteiger partial charge in [-0.2, -0.15) is 0 Å². The number of amides is 2. The van der Waals surface area contributed by atoms with Crippen LogP contribution >= 0.6 is 12.4 Å². The van der Waals surface area contributed by atoms with Gasteiger partial charge in [-0.3, -0.25) is 14.6 Å². The van der Waals surface area contributed by atoms with Crippen LogP contribution in [0.2, 0.25) is 0 Å². The van der Waals surface area contributed by atoms with Crippen LogP contribution in [0.1, 0.15) is 18.4 Å². The topological polar surface area (TPSA) is 83.9 Å². The van der Waals surface area contributed by atoms with Gasteiger partial charge in [0.15, 0.2) is 5.66 Å². The highest BCUT2D eigenvalue weighted by Gasteiger charge is 2.49. The second kappa shape index (κ2) is 10.5. The first-order valence-electron chi connectivity index (χ1n) is 11.2. The molecule has 0 saturated carbocycles. The largest absolute Gasteiger partial charge is 0.377 e. The molecule has 2 aliphatic rings. The molecular weight excluding hydrogens is 490 g/mol. The van der Waals surface area contributed by atoms with Crippen LogP contribution in [-0.2, 0) is 14.3 Å². The standard InChI is InChI=1S/C26H22F2N4O3.ClH/c27-19-12-20(28)14-21(13-19)30-23(33)15-32-25(34)24(31-26(32)9-3-11-35-16-26)18-7-5-17(6-8-18)22-4-1-2-10-29-22;/h1-2,4-8,10,12-14H,3,9,11,15-16H2,(H,30,33);1H. The predicted octanol–water partition coefficient (Wildman–Crippen LogP) is 4.23. The van der Waals surface area contributed by atoms with Crippen molar-refractivity contribution in [3.05, 3.63) is 84.1 Å². The van der Waals surface area contributed by atoms with Crippen LogP contribution in [0, 0.1) is 11.6 Å². The lowest BCUT2D eigenvalue weighted by molar-refractivity contribution is -0.137. The van der Waals surface area contributed by atoms with Gasteiger partial charge in [-0.05, 0) is 37.1 Å². The normalized spacial score (nSPS) is 19.1. The van der Waals surface area contributed by atoms with Gasteiger partial charge in [0.1, 0.15) is 23.9 Å². The number of hydrogen-bond donors (Lipinski definition) is 1. The fraction of sp³-hybridized carbons (Fsp3) is 0.231. The smallest absolute Gasteiger partial charge is 0.275 e. The Morgan fingerprint density at radius 3 is 2.42 bits per heavy atom. The quantitative estimate of drug-likeness (QED) is 0.554. The number of rotatable bonds is 5. The molecule has 10 heteroatoms. The number of carbonyl (C=O) groups is 2. The van der Waals surface area contributed by atoms with Gasteiger partial charge in [-0.15, -0.1) is 12.4 Å². The Balaban J connectivity index is 0.00000304. The number of halogens is 3. The Kier molecular flexibility index (Phi) is 7.42. The minimum atomic E-state index is -1.01. The molecule has 186 valence electrons. The lowest BCUT2D eigenvalue weighted by Crippen LogP contribution is -2.54. The average Bonchev–Trinajstić information content (AvgIpc) is 3.10. The molecule has 1 spiro atoms. The van der Waals surface area contributed by atoms with Crippen LogP contribution in [0.25, 0.3) is 11.3 Å². The summed E-state index contributed by atoms with van der Waals surface area (Å²) in [5.41, 5.74) is 1.54. The third-order valence-corrected chi connectivity index (χ3v) is 6.04. The van der Waals surface area contributed by atoms with Crippen molar-refractivity contribution in [2.45, 2.75) is 18.5 Å². The van der Waals surface area contributed by atoms with Crippen molar-refractivity contribution in [2.24, 2.45) is 4.99 Å². The molecule has 3 heterocycles. The molecule has 0 radical (unpaired) electrons. The van der Waals surface area contributed by atoms with Gasteiger partial charge in [0, 0.05) is 35.7 Å². The summed E-state index contributed by atoms with van der Waals surface area (Å²) in [6.07, 6.45) is 2.92. The van der Waals surface area contributed by atoms with E-state index in [2.05, 4.69) is 10.3 Å². The number of anilines is 1. The van der Waals surface area contributed by atoms with Crippen molar-refractivity contribution >= 4 is 35.6 Å². The SMILES string of the molecule is Cl.O=C(CN1C(=O)C(c2ccc(-c3ccccn3)cc2)=NC12CCCOC2)Nc1cc(F)cc(F)c1. The van der Waals surface area contributed by atoms with E-state index in [0.29, 0.717) is 31.1 Å². The third-order valence-electron chi connectivity index (χ3n) is 6.04. The van der Waals surface area contributed by atoms with Crippen molar-refractivity contribution in [3.63, 3.8) is 0 Å². The second-order valence-electron chi connectivity index (χ2n) is 8.49. The molecule has 1 fully saturated rings. The number of nitrogens with one attached hydrogen (secondary N) is 1. The maximum Gasteiger partial charge on any atom is 0.275 e. The van der Waals surface area contributed by atoms with Gasteiger partial charge < -0.3 is 15.0 Å². The zero-order chi connectivity index (χ0) is 24.4. The molecule has 2 amide bonds. The first-order valence-corrected chi connectivity index (χ1v) is 11.2. The Labute approximate surface area is 212 Å². The molecule has 1 unspecified atom stereocenters. The number of aliphatic imine (C=N–C) groups is 1. The number of hydrogen-bond acceptors (Lipinski definition) is 5. The maximum absolute atomic E-state index is 13.5. The summed E-state index contributed by atoms with van der Waals surface area (Å²) in [5.74, 6) is -2.61. The fourth-order valence-corrected chi connectivity index (χ4v) is 4.41. The van der Waals surface area contributed by atoms with Gasteiger partial charge in [0.05, 0.1) is 12.3 Å². The lowest BCUT2D eigenvalue weighted by atomic mass is 10.0. The van der Waals surface area contributed by atoms with Gasteiger partial charge in [-0.25, -0.2) is 13.8 Å². The van der Waals surface area contributed by atoms with Gasteiger partial charge in [0.25, 0.3) is 5.91 Å². The Morgan fingerprint density at radius 1 is 1.06 bits per heavy atom. The van der Waals surface area contributed by atoms with Crippen LogP contribution in [0.3, 0.4) is 0 Å². The first-order chi connectivity index (χ1) is 16.9. The van der Waals surface area contributed by atoms with E-state index in [0.717, 1.165) is 23.4 Å². The van der Waals surface area contributed by atoms with Gasteiger partial charge in [0.2, 0.25) is 5.91 Å². The van der Waals surface area contributed by atoms with Gasteiger partial charge >= 0.3 is 0 Å². The molecule has 36 heavy (non-hydrogen) atoms. The molecule has 7 nitrogen and oxygen atoms in total. The maximum atomic E-state index is 13.5. The summed E-state index contributed by atoms with van der Waals surface area (Å²) in [4.78, 5) is 36.7. The summed E-state index contributed by atoms with van der Waals surface area (Å²) in [7, 11) is 0. The monoisotopic (exact) mass is 512 g/mol. The molecule has 2 aromatic carbocycles. The van der Waals surface area contributed by atoms with Crippen molar-refractivity contribution in [1.82, 2.24) is 9.88 Å². The van der Waals surface area contributed by atoms with Crippen molar-refractivity contribution in [3.8, 4) is 11.3 Å². The molecule has 3 aromatic rings. The molecule has 0 bridgehead atoms. The summed E-state index contributed by atoms with van der Waals surface area (Å²) < 4.78 is 32.7. The number of carbonyl (C=O) groups excluding carboxylic acids is 2. The third kappa shape index (κ3) is 5.12. The summed E-state index contributed by atoms with van der Waals surface area (Å²) in [5, 5.41) is 2.46. The zero-order valence-corrected chi connectivity index (χ0v) is 19.9. The number of pyridine rings is 1. The highest BCUT2D eigenvalue weighted by atomic mass is 35.5. The van der Waals surface area contributed by atoms with Crippen LogP contribution in [0.5, 0.6) is 0 Å². The van der Waals surface area contributed by atoms with Crippen molar-refractivity contribution in [1.29, 1.82) is 0 Å². The van der Waals surface area contributed by atoms with E-state index in [-0.39, 0.29) is 37.0 Å². The summed E-state index contributed by atoms with van der Waals surface area (Å²) in [6.45, 7) is 0.373. The van der Waals surface area contributed by atoms with E-state index in [9.17, 15) is 18.4 Å². The number of aromatic nitrogens is 1. The highest BCUT2D eigenvalue weighted by molar-refractivity contribution is 6.47. The first kappa shape index (κ1) is 25.4. The predicted molar refractivity (Wildman–Crippen MR) is 133 cm³/mol. The fourth-order valence-electron chi connectivity index (χ4n) is 4.41. The Morgan fingerprint density at radius 2 is 1.78 bits per heavy atom. The van der Waals surface area contributed by atoms with E-state index in [1.54, 1.807) is 18.3 Å². The molecule has 5 rings (SSSR count). The summed E-state index contributed by atoms with van der Waals surface area (Å²) >= 11 is 0. The average molecular weight is 513 g/mol. The molecule has 1 N–H and O–H groups in total. The lowest BCUT2D eigenvalue weighted by Gasteiger charge is -2.38. The molecule has 2 aliphatic heterocycles. The van der Waals surface area contributed by atoms with E-state index >= 15 is 0 Å². The van der Waals surface area contributed by atoms with E-state index < -0.39 is 29.1 Å². The van der Waals surface area contributed by atoms with Crippen LogP contribution < -0.4 is 5.32 Å². The Bertz CT molecular complexity index is 1280. The summed E-state index contributed by atoms with van der Waals surface area (Å²) in [6, 6.07) is 15.7. The molecule has 1 aromatic heterocycles. The number of nitrogens with zero attached hydrogens (tertiary/aromatic N) is 3. The van der Waals surface area contributed by atoms with Gasteiger partial charge in [-0.1, -0.05) is 30.3 Å². The van der Waals surface area contributed by atoms with Crippen molar-refractivity contribution in [2.75, 3.05) is 25.1 Å². The van der Waals surface area contributed by atoms with E-state index in [1.807, 2.05) is 30.3 Å². The Hall–Kier alpha value is -3.69. The van der Waals surface area contributed by atoms with E-state index in [1.165, 1.54) is 4.90 Å².